The molecule has 11 heteroatoms. The molecule has 1 fully saturated rings. The molecule has 2 heterocycles. The molecule has 9 nitrogen and oxygen atoms in total. The zero-order chi connectivity index (χ0) is 24.7. The van der Waals surface area contributed by atoms with Gasteiger partial charge in [0, 0.05) is 37.1 Å². The number of piperazine rings is 1. The highest BCUT2D eigenvalue weighted by molar-refractivity contribution is 6.31. The molecule has 180 valence electrons. The van der Waals surface area contributed by atoms with Crippen LogP contribution in [0.3, 0.4) is 0 Å². The van der Waals surface area contributed by atoms with Crippen molar-refractivity contribution >= 4 is 51.1 Å². The molecule has 0 amide bonds. The second-order valence-electron chi connectivity index (χ2n) is 8.27. The Morgan fingerprint density at radius 2 is 2.00 bits per heavy atom. The average molecular weight is 497 g/mol. The molecular formula is C24H22ClFN6O3. The Bertz CT molecular complexity index is 1500. The summed E-state index contributed by atoms with van der Waals surface area (Å²) in [6.45, 7) is 4.04. The van der Waals surface area contributed by atoms with E-state index < -0.39 is 16.7 Å². The van der Waals surface area contributed by atoms with Crippen molar-refractivity contribution in [2.75, 3.05) is 42.3 Å². The first-order chi connectivity index (χ1) is 16.9. The Morgan fingerprint density at radius 1 is 1.17 bits per heavy atom. The van der Waals surface area contributed by atoms with Crippen LogP contribution in [0.4, 0.5) is 33.0 Å². The number of anilines is 5. The van der Waals surface area contributed by atoms with Crippen LogP contribution in [0.25, 0.3) is 10.9 Å². The van der Waals surface area contributed by atoms with Crippen LogP contribution >= 0.6 is 11.6 Å². The second-order valence-corrected chi connectivity index (χ2v) is 8.68. The van der Waals surface area contributed by atoms with Crippen LogP contribution in [0.15, 0.2) is 46.2 Å². The number of halogens is 2. The van der Waals surface area contributed by atoms with Crippen LogP contribution in [0.2, 0.25) is 5.02 Å². The molecule has 0 saturated carbocycles. The fourth-order valence-electron chi connectivity index (χ4n) is 4.26. The van der Waals surface area contributed by atoms with Crippen molar-refractivity contribution < 1.29 is 9.13 Å². The van der Waals surface area contributed by atoms with Crippen LogP contribution in [0.5, 0.6) is 5.75 Å². The third kappa shape index (κ3) is 4.04. The summed E-state index contributed by atoms with van der Waals surface area (Å²) < 4.78 is 20.0. The summed E-state index contributed by atoms with van der Waals surface area (Å²) in [5.41, 5.74) is 0.622. The quantitative estimate of drug-likeness (QED) is 0.346. The molecule has 5 rings (SSSR count). The molecular weight excluding hydrogens is 475 g/mol. The Kier molecular flexibility index (Phi) is 6.00. The van der Waals surface area contributed by atoms with Gasteiger partial charge in [0.05, 0.1) is 29.0 Å². The van der Waals surface area contributed by atoms with Crippen LogP contribution in [-0.4, -0.2) is 42.8 Å². The average Bonchev–Trinajstić information content (AvgIpc) is 2.87. The molecule has 1 atom stereocenters. The maximum Gasteiger partial charge on any atom is 0.253 e. The number of aromatic nitrogens is 2. The highest BCUT2D eigenvalue weighted by Gasteiger charge is 2.31. The van der Waals surface area contributed by atoms with E-state index in [0.717, 1.165) is 0 Å². The van der Waals surface area contributed by atoms with E-state index in [9.17, 15) is 14.0 Å². The second kappa shape index (κ2) is 9.12. The number of nitrogens with one attached hydrogen (secondary N) is 3. The monoisotopic (exact) mass is 496 g/mol. The summed E-state index contributed by atoms with van der Waals surface area (Å²) in [6.07, 6.45) is 1.35. The van der Waals surface area contributed by atoms with Gasteiger partial charge >= 0.3 is 0 Å². The van der Waals surface area contributed by atoms with Gasteiger partial charge in [0.2, 0.25) is 0 Å². The van der Waals surface area contributed by atoms with Crippen molar-refractivity contribution in [2.24, 2.45) is 0 Å². The summed E-state index contributed by atoms with van der Waals surface area (Å²) in [5, 5.41) is 9.85. The van der Waals surface area contributed by atoms with Crippen molar-refractivity contribution in [1.82, 2.24) is 15.3 Å². The smallest absolute Gasteiger partial charge is 0.253 e. The van der Waals surface area contributed by atoms with Crippen molar-refractivity contribution in [1.29, 1.82) is 0 Å². The lowest BCUT2D eigenvalue weighted by molar-refractivity contribution is 0.417. The van der Waals surface area contributed by atoms with Gasteiger partial charge in [-0.25, -0.2) is 14.4 Å². The summed E-state index contributed by atoms with van der Waals surface area (Å²) in [6, 6.07) is 8.05. The Balaban J connectivity index is 1.56. The molecule has 0 bridgehead atoms. The van der Waals surface area contributed by atoms with E-state index in [0.29, 0.717) is 53.5 Å². The third-order valence-electron chi connectivity index (χ3n) is 6.09. The lowest BCUT2D eigenvalue weighted by Gasteiger charge is -2.37. The molecule has 0 aliphatic carbocycles. The molecule has 35 heavy (non-hydrogen) atoms. The van der Waals surface area contributed by atoms with Crippen molar-refractivity contribution in [3.63, 3.8) is 0 Å². The van der Waals surface area contributed by atoms with Gasteiger partial charge in [-0.05, 0) is 25.1 Å². The summed E-state index contributed by atoms with van der Waals surface area (Å²) in [7, 11) is 1.50. The van der Waals surface area contributed by atoms with Gasteiger partial charge in [-0.3, -0.25) is 9.59 Å². The molecule has 0 unspecified atom stereocenters. The van der Waals surface area contributed by atoms with Crippen LogP contribution in [-0.2, 0) is 0 Å². The van der Waals surface area contributed by atoms with Gasteiger partial charge in [-0.15, -0.1) is 0 Å². The van der Waals surface area contributed by atoms with Crippen molar-refractivity contribution in [3.05, 3.63) is 67.9 Å². The fraction of sp³-hybridized carbons (Fsp3) is 0.250. The molecule has 1 saturated heterocycles. The van der Waals surface area contributed by atoms with E-state index >= 15 is 0 Å². The van der Waals surface area contributed by atoms with Gasteiger partial charge in [-0.2, -0.15) is 0 Å². The van der Waals surface area contributed by atoms with Gasteiger partial charge in [0.15, 0.2) is 5.82 Å². The molecule has 4 aromatic rings. The molecule has 1 aliphatic rings. The number of ether oxygens (including phenoxy) is 1. The number of hydrogen-bond donors (Lipinski definition) is 3. The minimum absolute atomic E-state index is 0.0212. The standard InChI is InChI=1S/C24H22ClFN6O3/c1-12-10-27-6-7-32(12)21-20(22(33)23(21)34)30-17-8-13-16(9-18(17)35-2)28-11-29-24(13)31-15-5-3-4-14(25)19(15)26/h3-5,8-9,11-12,27,30H,6-7,10H2,1-2H3,(H,28,29,31)/t12-/m1/s1. The lowest BCUT2D eigenvalue weighted by Crippen LogP contribution is -2.54. The van der Waals surface area contributed by atoms with Gasteiger partial charge < -0.3 is 25.6 Å². The predicted octanol–water partition coefficient (Wildman–Crippen LogP) is 3.31. The molecule has 0 spiro atoms. The molecule has 0 radical (unpaired) electrons. The fourth-order valence-corrected chi connectivity index (χ4v) is 4.43. The number of nitrogens with zero attached hydrogens (tertiary/aromatic N) is 3. The normalized spacial score (nSPS) is 16.0. The van der Waals surface area contributed by atoms with Gasteiger partial charge in [0.1, 0.15) is 29.3 Å². The number of hydrogen-bond acceptors (Lipinski definition) is 9. The summed E-state index contributed by atoms with van der Waals surface area (Å²) >= 11 is 5.91. The largest absolute Gasteiger partial charge is 0.494 e. The Labute approximate surface area is 204 Å². The maximum absolute atomic E-state index is 14.5. The third-order valence-corrected chi connectivity index (χ3v) is 6.39. The highest BCUT2D eigenvalue weighted by Crippen LogP contribution is 2.37. The van der Waals surface area contributed by atoms with E-state index in [4.69, 9.17) is 16.3 Å². The Morgan fingerprint density at radius 3 is 2.77 bits per heavy atom. The topological polar surface area (TPSA) is 108 Å². The summed E-state index contributed by atoms with van der Waals surface area (Å²) in [4.78, 5) is 35.5. The zero-order valence-corrected chi connectivity index (χ0v) is 19.7. The van der Waals surface area contributed by atoms with Gasteiger partial charge in [0.25, 0.3) is 10.9 Å². The lowest BCUT2D eigenvalue weighted by atomic mass is 10.1. The first-order valence-electron chi connectivity index (χ1n) is 11.0. The SMILES string of the molecule is COc1cc2ncnc(Nc3cccc(Cl)c3F)c2cc1Nc1c(N2CCNC[C@H]2C)c(=O)c1=O. The van der Waals surface area contributed by atoms with Crippen molar-refractivity contribution in [2.45, 2.75) is 13.0 Å². The Hall–Kier alpha value is -3.76. The number of fused-ring (bicyclic) bond motifs is 1. The number of rotatable bonds is 6. The number of benzene rings is 2. The molecule has 3 N–H and O–H groups in total. The van der Waals surface area contributed by atoms with E-state index in [1.807, 2.05) is 11.8 Å². The zero-order valence-electron chi connectivity index (χ0n) is 19.0. The van der Waals surface area contributed by atoms with E-state index in [-0.39, 0.29) is 22.4 Å². The van der Waals surface area contributed by atoms with E-state index in [1.165, 1.54) is 19.5 Å². The molecule has 1 aliphatic heterocycles. The van der Waals surface area contributed by atoms with Crippen LogP contribution in [0.1, 0.15) is 6.92 Å². The minimum atomic E-state index is -0.605. The van der Waals surface area contributed by atoms with Crippen LogP contribution in [0, 0.1) is 5.82 Å². The predicted molar refractivity (Wildman–Crippen MR) is 135 cm³/mol. The van der Waals surface area contributed by atoms with Crippen molar-refractivity contribution in [3.8, 4) is 5.75 Å². The maximum atomic E-state index is 14.5. The molecule has 3 aromatic carbocycles. The number of methoxy groups -OCH3 is 1. The first-order valence-corrected chi connectivity index (χ1v) is 11.4. The molecule has 1 aromatic heterocycles. The van der Waals surface area contributed by atoms with Gasteiger partial charge in [-0.1, -0.05) is 17.7 Å². The van der Waals surface area contributed by atoms with E-state index in [1.54, 1.807) is 24.3 Å². The first kappa shape index (κ1) is 23.0. The van der Waals surface area contributed by atoms with E-state index in [2.05, 4.69) is 25.9 Å². The summed E-state index contributed by atoms with van der Waals surface area (Å²) in [5.74, 6) is 0.151. The minimum Gasteiger partial charge on any atom is -0.494 e. The highest BCUT2D eigenvalue weighted by atomic mass is 35.5. The van der Waals surface area contributed by atoms with Crippen LogP contribution < -0.4 is 36.4 Å².